The largest absolute Gasteiger partial charge is 0.417 e. The van der Waals surface area contributed by atoms with Gasteiger partial charge in [0.05, 0.1) is 10.5 Å². The average Bonchev–Trinajstić information content (AvgIpc) is 2.80. The molecule has 4 nitrogen and oxygen atoms in total. The maximum atomic E-state index is 13.0. The summed E-state index contributed by atoms with van der Waals surface area (Å²) in [6.45, 7) is 2.16. The molecule has 0 saturated carbocycles. The molecule has 2 unspecified atom stereocenters. The highest BCUT2D eigenvalue weighted by atomic mass is 32.2. The quantitative estimate of drug-likeness (QED) is 0.926. The standard InChI is InChI=1S/C13H17F3N2O2S/c1-9-6-10(7-17)8-18(9)21(19,20)12-5-3-2-4-11(12)13(14,15)16/h2-5,9-10H,6-8,17H2,1H3. The molecule has 0 spiro atoms. The summed E-state index contributed by atoms with van der Waals surface area (Å²) in [6.07, 6.45) is -4.15. The molecular weight excluding hydrogens is 305 g/mol. The van der Waals surface area contributed by atoms with E-state index in [1.807, 2.05) is 0 Å². The Morgan fingerprint density at radius 1 is 1.33 bits per heavy atom. The predicted molar refractivity (Wildman–Crippen MR) is 72.0 cm³/mol. The molecule has 118 valence electrons. The summed E-state index contributed by atoms with van der Waals surface area (Å²) in [5, 5.41) is 0. The molecule has 21 heavy (non-hydrogen) atoms. The molecule has 2 N–H and O–H groups in total. The van der Waals surface area contributed by atoms with Crippen molar-refractivity contribution in [2.45, 2.75) is 30.5 Å². The summed E-state index contributed by atoms with van der Waals surface area (Å²) >= 11 is 0. The van der Waals surface area contributed by atoms with Crippen molar-refractivity contribution in [1.29, 1.82) is 0 Å². The Hall–Kier alpha value is -1.12. The molecule has 0 radical (unpaired) electrons. The third kappa shape index (κ3) is 3.07. The molecule has 1 fully saturated rings. The van der Waals surface area contributed by atoms with E-state index in [0.717, 1.165) is 16.4 Å². The molecule has 1 aromatic carbocycles. The Bertz CT molecular complexity index is 616. The number of hydrogen-bond donors (Lipinski definition) is 1. The van der Waals surface area contributed by atoms with Crippen LogP contribution in [0.1, 0.15) is 18.9 Å². The van der Waals surface area contributed by atoms with Crippen molar-refractivity contribution in [3.05, 3.63) is 29.8 Å². The lowest BCUT2D eigenvalue weighted by molar-refractivity contribution is -0.139. The highest BCUT2D eigenvalue weighted by molar-refractivity contribution is 7.89. The second-order valence-electron chi connectivity index (χ2n) is 5.26. The second-order valence-corrected chi connectivity index (χ2v) is 7.11. The predicted octanol–water partition coefficient (Wildman–Crippen LogP) is 2.06. The van der Waals surface area contributed by atoms with Crippen LogP contribution in [0.15, 0.2) is 29.2 Å². The van der Waals surface area contributed by atoms with Gasteiger partial charge in [-0.2, -0.15) is 17.5 Å². The zero-order valence-corrected chi connectivity index (χ0v) is 12.3. The van der Waals surface area contributed by atoms with Gasteiger partial charge in [-0.25, -0.2) is 8.42 Å². The van der Waals surface area contributed by atoms with Crippen molar-refractivity contribution in [3.8, 4) is 0 Å². The minimum Gasteiger partial charge on any atom is -0.330 e. The van der Waals surface area contributed by atoms with E-state index in [1.54, 1.807) is 6.92 Å². The number of nitrogens with zero attached hydrogens (tertiary/aromatic N) is 1. The van der Waals surface area contributed by atoms with Crippen LogP contribution in [-0.4, -0.2) is 31.9 Å². The van der Waals surface area contributed by atoms with Crippen LogP contribution >= 0.6 is 0 Å². The number of hydrogen-bond acceptors (Lipinski definition) is 3. The molecule has 2 rings (SSSR count). The zero-order chi connectivity index (χ0) is 15.8. The van der Waals surface area contributed by atoms with Gasteiger partial charge in [-0.1, -0.05) is 12.1 Å². The van der Waals surface area contributed by atoms with E-state index >= 15 is 0 Å². The molecule has 8 heteroatoms. The fourth-order valence-corrected chi connectivity index (χ4v) is 4.60. The van der Waals surface area contributed by atoms with Gasteiger partial charge in [0.1, 0.15) is 0 Å². The molecule has 1 aromatic rings. The highest BCUT2D eigenvalue weighted by Gasteiger charge is 2.42. The first kappa shape index (κ1) is 16.3. The number of sulfonamides is 1. The van der Waals surface area contributed by atoms with Gasteiger partial charge in [-0.3, -0.25) is 0 Å². The number of nitrogens with two attached hydrogens (primary N) is 1. The van der Waals surface area contributed by atoms with Crippen LogP contribution in [0.4, 0.5) is 13.2 Å². The van der Waals surface area contributed by atoms with Crippen LogP contribution < -0.4 is 5.73 Å². The third-order valence-corrected chi connectivity index (χ3v) is 5.75. The Morgan fingerprint density at radius 2 is 1.95 bits per heavy atom. The van der Waals surface area contributed by atoms with E-state index in [4.69, 9.17) is 5.73 Å². The Kier molecular flexibility index (Phi) is 4.32. The van der Waals surface area contributed by atoms with Gasteiger partial charge in [0.2, 0.25) is 10.0 Å². The minimum absolute atomic E-state index is 0.0205. The van der Waals surface area contributed by atoms with E-state index in [0.29, 0.717) is 13.0 Å². The zero-order valence-electron chi connectivity index (χ0n) is 11.5. The normalized spacial score (nSPS) is 24.4. The fourth-order valence-electron chi connectivity index (χ4n) is 2.67. The molecule has 1 aliphatic rings. The van der Waals surface area contributed by atoms with Crippen LogP contribution in [0.2, 0.25) is 0 Å². The summed E-state index contributed by atoms with van der Waals surface area (Å²) in [7, 11) is -4.19. The van der Waals surface area contributed by atoms with Crippen molar-refractivity contribution in [2.75, 3.05) is 13.1 Å². The summed E-state index contributed by atoms with van der Waals surface area (Å²) in [5.74, 6) is -0.0205. The van der Waals surface area contributed by atoms with Gasteiger partial charge in [0.15, 0.2) is 0 Å². The lowest BCUT2D eigenvalue weighted by atomic mass is 10.1. The monoisotopic (exact) mass is 322 g/mol. The molecular formula is C13H17F3N2O2S. The second kappa shape index (κ2) is 5.58. The van der Waals surface area contributed by atoms with Crippen LogP contribution in [0.5, 0.6) is 0 Å². The Balaban J connectivity index is 2.46. The lowest BCUT2D eigenvalue weighted by Gasteiger charge is -2.23. The molecule has 0 aliphatic carbocycles. The maximum Gasteiger partial charge on any atom is 0.417 e. The number of halogens is 3. The number of rotatable bonds is 3. The first-order valence-electron chi connectivity index (χ1n) is 6.56. The summed E-state index contributed by atoms with van der Waals surface area (Å²) < 4.78 is 65.2. The maximum absolute atomic E-state index is 13.0. The van der Waals surface area contributed by atoms with E-state index in [9.17, 15) is 21.6 Å². The first-order valence-corrected chi connectivity index (χ1v) is 8.00. The van der Waals surface area contributed by atoms with Gasteiger partial charge >= 0.3 is 6.18 Å². The van der Waals surface area contributed by atoms with E-state index < -0.39 is 26.7 Å². The molecule has 1 saturated heterocycles. The Labute approximate surface area is 121 Å². The molecule has 2 atom stereocenters. The topological polar surface area (TPSA) is 63.4 Å². The molecule has 0 bridgehead atoms. The average molecular weight is 322 g/mol. The van der Waals surface area contributed by atoms with Crippen LogP contribution in [0.25, 0.3) is 0 Å². The van der Waals surface area contributed by atoms with Crippen LogP contribution in [0, 0.1) is 5.92 Å². The Morgan fingerprint density at radius 3 is 2.48 bits per heavy atom. The number of alkyl halides is 3. The molecule has 0 amide bonds. The van der Waals surface area contributed by atoms with Crippen molar-refractivity contribution in [1.82, 2.24) is 4.31 Å². The van der Waals surface area contributed by atoms with Gasteiger partial charge < -0.3 is 5.73 Å². The van der Waals surface area contributed by atoms with Crippen molar-refractivity contribution < 1.29 is 21.6 Å². The summed E-state index contributed by atoms with van der Waals surface area (Å²) in [4.78, 5) is -0.693. The smallest absolute Gasteiger partial charge is 0.330 e. The highest BCUT2D eigenvalue weighted by Crippen LogP contribution is 2.37. The van der Waals surface area contributed by atoms with Gasteiger partial charge in [-0.05, 0) is 37.9 Å². The van der Waals surface area contributed by atoms with Gasteiger partial charge in [0.25, 0.3) is 0 Å². The summed E-state index contributed by atoms with van der Waals surface area (Å²) in [5.41, 5.74) is 4.41. The first-order chi connectivity index (χ1) is 9.67. The SMILES string of the molecule is CC1CC(CN)CN1S(=O)(=O)c1ccccc1C(F)(F)F. The third-order valence-electron chi connectivity index (χ3n) is 3.72. The molecule has 1 aliphatic heterocycles. The number of benzene rings is 1. The van der Waals surface area contributed by atoms with Crippen LogP contribution in [0.3, 0.4) is 0 Å². The summed E-state index contributed by atoms with van der Waals surface area (Å²) in [6, 6.07) is 3.90. The van der Waals surface area contributed by atoms with Gasteiger partial charge in [0, 0.05) is 12.6 Å². The van der Waals surface area contributed by atoms with Crippen molar-refractivity contribution >= 4 is 10.0 Å². The van der Waals surface area contributed by atoms with Crippen molar-refractivity contribution in [2.24, 2.45) is 11.7 Å². The van der Waals surface area contributed by atoms with E-state index in [1.165, 1.54) is 12.1 Å². The van der Waals surface area contributed by atoms with E-state index in [-0.39, 0.29) is 18.5 Å². The van der Waals surface area contributed by atoms with Crippen LogP contribution in [-0.2, 0) is 16.2 Å². The molecule has 1 heterocycles. The van der Waals surface area contributed by atoms with Gasteiger partial charge in [-0.15, -0.1) is 0 Å². The fraction of sp³-hybridized carbons (Fsp3) is 0.538. The lowest BCUT2D eigenvalue weighted by Crippen LogP contribution is -2.35. The van der Waals surface area contributed by atoms with Crippen molar-refractivity contribution in [3.63, 3.8) is 0 Å². The molecule has 0 aromatic heterocycles. The minimum atomic E-state index is -4.71. The van der Waals surface area contributed by atoms with E-state index in [2.05, 4.69) is 0 Å².